The Kier molecular flexibility index (Phi) is 7.89. The number of aryl methyl sites for hydroxylation is 3. The number of benzene rings is 2. The largest absolute Gasteiger partial charge is 0.497 e. The maximum Gasteiger partial charge on any atom is 0.226 e. The number of carbonyl (C=O) groups excluding carboxylic acids is 1. The molecule has 0 saturated carbocycles. The van der Waals surface area contributed by atoms with Crippen LogP contribution in [-0.4, -0.2) is 39.1 Å². The van der Waals surface area contributed by atoms with Gasteiger partial charge < -0.3 is 24.8 Å². The Hall–Kier alpha value is -4.17. The summed E-state index contributed by atoms with van der Waals surface area (Å²) >= 11 is 5.86. The van der Waals surface area contributed by atoms with Gasteiger partial charge in [0.1, 0.15) is 5.75 Å². The molecule has 0 aliphatic carbocycles. The normalized spacial score (nSPS) is 16.6. The van der Waals surface area contributed by atoms with Crippen molar-refractivity contribution < 1.29 is 9.53 Å². The average molecular weight is 554 g/mol. The van der Waals surface area contributed by atoms with Gasteiger partial charge >= 0.3 is 0 Å². The second-order valence-corrected chi connectivity index (χ2v) is 10.7. The number of amides is 1. The Morgan fingerprint density at radius 3 is 2.62 bits per heavy atom. The van der Waals surface area contributed by atoms with Gasteiger partial charge in [-0.3, -0.25) is 9.78 Å². The van der Waals surface area contributed by atoms with Gasteiger partial charge in [-0.1, -0.05) is 24.3 Å². The van der Waals surface area contributed by atoms with Crippen molar-refractivity contribution in [3.63, 3.8) is 0 Å². The number of methoxy groups -OCH3 is 1. The van der Waals surface area contributed by atoms with Gasteiger partial charge in [-0.2, -0.15) is 0 Å². The Morgan fingerprint density at radius 1 is 1.05 bits per heavy atom. The van der Waals surface area contributed by atoms with Crippen LogP contribution in [0.5, 0.6) is 5.75 Å². The molecule has 7 nitrogen and oxygen atoms in total. The number of pyridine rings is 1. The summed E-state index contributed by atoms with van der Waals surface area (Å²) in [5.74, 6) is 0.761. The van der Waals surface area contributed by atoms with E-state index in [-0.39, 0.29) is 18.0 Å². The summed E-state index contributed by atoms with van der Waals surface area (Å²) in [4.78, 5) is 19.9. The minimum Gasteiger partial charge on any atom is -0.497 e. The summed E-state index contributed by atoms with van der Waals surface area (Å²) in [6.07, 6.45) is 2.10. The zero-order chi connectivity index (χ0) is 28.4. The van der Waals surface area contributed by atoms with E-state index in [4.69, 9.17) is 17.0 Å². The monoisotopic (exact) mass is 553 g/mol. The third kappa shape index (κ3) is 5.45. The number of rotatable bonds is 8. The lowest BCUT2D eigenvalue weighted by atomic mass is 9.96. The fourth-order valence-electron chi connectivity index (χ4n) is 5.52. The molecule has 0 unspecified atom stereocenters. The lowest BCUT2D eigenvalue weighted by molar-refractivity contribution is -0.116. The van der Waals surface area contributed by atoms with Gasteiger partial charge in [0.15, 0.2) is 5.11 Å². The third-order valence-electron chi connectivity index (χ3n) is 7.55. The molecule has 2 aromatic heterocycles. The number of hydrogen-bond donors (Lipinski definition) is 2. The fourth-order valence-corrected chi connectivity index (χ4v) is 5.86. The van der Waals surface area contributed by atoms with Crippen LogP contribution in [0, 0.1) is 27.7 Å². The van der Waals surface area contributed by atoms with Gasteiger partial charge in [-0.05, 0) is 93.0 Å². The van der Waals surface area contributed by atoms with Crippen LogP contribution in [-0.2, 0) is 4.79 Å². The molecule has 0 spiro atoms. The van der Waals surface area contributed by atoms with E-state index in [0.717, 1.165) is 50.9 Å². The minimum atomic E-state index is -0.157. The highest BCUT2D eigenvalue weighted by atomic mass is 32.1. The van der Waals surface area contributed by atoms with Crippen molar-refractivity contribution >= 4 is 28.9 Å². The topological polar surface area (TPSA) is 71.4 Å². The van der Waals surface area contributed by atoms with Crippen LogP contribution >= 0.6 is 12.2 Å². The highest BCUT2D eigenvalue weighted by Crippen LogP contribution is 2.41. The first-order chi connectivity index (χ1) is 19.3. The Bertz CT molecular complexity index is 1550. The van der Waals surface area contributed by atoms with Crippen molar-refractivity contribution in [3.8, 4) is 11.4 Å². The molecule has 3 heterocycles. The number of carbonyl (C=O) groups is 1. The first-order valence-electron chi connectivity index (χ1n) is 13.4. The zero-order valence-electron chi connectivity index (χ0n) is 23.6. The lowest BCUT2D eigenvalue weighted by Crippen LogP contribution is -2.33. The highest BCUT2D eigenvalue weighted by molar-refractivity contribution is 7.80. The van der Waals surface area contributed by atoms with Crippen LogP contribution in [0.3, 0.4) is 0 Å². The van der Waals surface area contributed by atoms with Crippen LogP contribution in [0.1, 0.15) is 52.3 Å². The molecular formula is C32H35N5O2S. The summed E-state index contributed by atoms with van der Waals surface area (Å²) in [7, 11) is 1.68. The summed E-state index contributed by atoms with van der Waals surface area (Å²) in [6.45, 7) is 8.73. The van der Waals surface area contributed by atoms with Crippen LogP contribution in [0.25, 0.3) is 5.69 Å². The molecule has 2 N–H and O–H groups in total. The van der Waals surface area contributed by atoms with Crippen molar-refractivity contribution in [3.05, 3.63) is 107 Å². The van der Waals surface area contributed by atoms with Crippen molar-refractivity contribution in [2.75, 3.05) is 19.0 Å². The molecule has 0 bridgehead atoms. The number of nitrogens with one attached hydrogen (secondary N) is 2. The SMILES string of the molecule is COc1cccc(-n2c(C)cc([C@@H]3[C@H](c4ccccn4)NC(=S)N3CCC(=O)Nc3cc(C)ccc3C)c2C)c1. The molecule has 2 aromatic carbocycles. The molecule has 1 aliphatic rings. The van der Waals surface area contributed by atoms with E-state index >= 15 is 0 Å². The fraction of sp³-hybridized carbons (Fsp3) is 0.281. The van der Waals surface area contributed by atoms with Gasteiger partial charge in [-0.25, -0.2) is 0 Å². The molecule has 1 saturated heterocycles. The van der Waals surface area contributed by atoms with Crippen molar-refractivity contribution in [2.45, 2.75) is 46.2 Å². The van der Waals surface area contributed by atoms with Gasteiger partial charge in [0.25, 0.3) is 0 Å². The molecule has 4 aromatic rings. The van der Waals surface area contributed by atoms with Gasteiger partial charge in [0.2, 0.25) is 5.91 Å². The van der Waals surface area contributed by atoms with Crippen LogP contribution in [0.2, 0.25) is 0 Å². The maximum atomic E-state index is 13.1. The summed E-state index contributed by atoms with van der Waals surface area (Å²) in [6, 6.07) is 22.0. The predicted molar refractivity (Wildman–Crippen MR) is 163 cm³/mol. The van der Waals surface area contributed by atoms with E-state index in [9.17, 15) is 4.79 Å². The molecule has 8 heteroatoms. The number of ether oxygens (including phenoxy) is 1. The zero-order valence-corrected chi connectivity index (χ0v) is 24.4. The Morgan fingerprint density at radius 2 is 1.88 bits per heavy atom. The van der Waals surface area contributed by atoms with Crippen LogP contribution in [0.15, 0.2) is 72.9 Å². The number of anilines is 1. The van der Waals surface area contributed by atoms with Gasteiger partial charge in [-0.15, -0.1) is 0 Å². The Labute approximate surface area is 241 Å². The molecule has 40 heavy (non-hydrogen) atoms. The van der Waals surface area contributed by atoms with Crippen molar-refractivity contribution in [1.29, 1.82) is 0 Å². The molecule has 1 fully saturated rings. The molecule has 206 valence electrons. The molecule has 0 radical (unpaired) electrons. The van der Waals surface area contributed by atoms with Crippen LogP contribution < -0.4 is 15.4 Å². The quantitative estimate of drug-likeness (QED) is 0.256. The average Bonchev–Trinajstić information content (AvgIpc) is 3.44. The van der Waals surface area contributed by atoms with Crippen LogP contribution in [0.4, 0.5) is 5.69 Å². The summed E-state index contributed by atoms with van der Waals surface area (Å²) < 4.78 is 7.72. The number of nitrogens with zero attached hydrogens (tertiary/aromatic N) is 3. The maximum absolute atomic E-state index is 13.1. The van der Waals surface area contributed by atoms with E-state index in [2.05, 4.69) is 51.1 Å². The summed E-state index contributed by atoms with van der Waals surface area (Å²) in [5, 5.41) is 7.21. The number of aromatic nitrogens is 2. The van der Waals surface area contributed by atoms with E-state index in [1.807, 2.05) is 68.4 Å². The molecule has 2 atom stereocenters. The third-order valence-corrected chi connectivity index (χ3v) is 7.90. The second-order valence-electron chi connectivity index (χ2n) is 10.3. The van der Waals surface area contributed by atoms with E-state index < -0.39 is 0 Å². The molecule has 1 aliphatic heterocycles. The smallest absolute Gasteiger partial charge is 0.226 e. The number of thiocarbonyl (C=S) groups is 1. The first-order valence-corrected chi connectivity index (χ1v) is 13.9. The molecule has 5 rings (SSSR count). The minimum absolute atomic E-state index is 0.0432. The number of hydrogen-bond acceptors (Lipinski definition) is 4. The first kappa shape index (κ1) is 27.4. The standard InChI is InChI=1S/C32H35N5O2S/c1-20-12-13-21(2)28(17-20)34-29(38)14-16-36-31(30(35-32(36)40)27-11-6-7-15-33-27)26-18-22(3)37(23(26)4)24-9-8-10-25(19-24)39-5/h6-13,15,17-19,30-31H,14,16H2,1-5H3,(H,34,38)(H,35,40)/t30-,31+/m0/s1. The second kappa shape index (κ2) is 11.5. The summed E-state index contributed by atoms with van der Waals surface area (Å²) in [5.41, 5.74) is 8.27. The predicted octanol–water partition coefficient (Wildman–Crippen LogP) is 6.12. The van der Waals surface area contributed by atoms with Crippen molar-refractivity contribution in [1.82, 2.24) is 19.8 Å². The molecular weight excluding hydrogens is 518 g/mol. The van der Waals surface area contributed by atoms with E-state index in [0.29, 0.717) is 18.1 Å². The Balaban J connectivity index is 1.47. The van der Waals surface area contributed by atoms with Crippen molar-refractivity contribution in [2.24, 2.45) is 0 Å². The van der Waals surface area contributed by atoms with E-state index in [1.54, 1.807) is 13.3 Å². The van der Waals surface area contributed by atoms with Gasteiger partial charge in [0, 0.05) is 48.0 Å². The molecule has 1 amide bonds. The lowest BCUT2D eigenvalue weighted by Gasteiger charge is -2.28. The van der Waals surface area contributed by atoms with E-state index in [1.165, 1.54) is 0 Å². The highest BCUT2D eigenvalue weighted by Gasteiger charge is 2.41. The van der Waals surface area contributed by atoms with Gasteiger partial charge in [0.05, 0.1) is 24.9 Å².